The van der Waals surface area contributed by atoms with Crippen molar-refractivity contribution in [3.63, 3.8) is 0 Å². The first-order chi connectivity index (χ1) is 8.00. The first-order valence-corrected chi connectivity index (χ1v) is 5.83. The molecule has 1 aliphatic carbocycles. The number of alkyl halides is 2. The second-order valence-corrected chi connectivity index (χ2v) is 4.56. The van der Waals surface area contributed by atoms with Crippen molar-refractivity contribution in [3.05, 3.63) is 47.0 Å². The first kappa shape index (κ1) is 12.2. The van der Waals surface area contributed by atoms with Gasteiger partial charge in [-0.3, -0.25) is 0 Å². The predicted molar refractivity (Wildman–Crippen MR) is 63.0 cm³/mol. The second kappa shape index (κ2) is 4.57. The Morgan fingerprint density at radius 1 is 1.29 bits per heavy atom. The Balaban J connectivity index is 2.09. The van der Waals surface area contributed by atoms with Crippen LogP contribution in [0.15, 0.2) is 35.9 Å². The second-order valence-electron chi connectivity index (χ2n) is 4.56. The average molecular weight is 238 g/mol. The minimum Gasteiger partial charge on any atom is -0.387 e. The van der Waals surface area contributed by atoms with Crippen LogP contribution in [0.5, 0.6) is 0 Å². The van der Waals surface area contributed by atoms with Gasteiger partial charge in [0, 0.05) is 5.56 Å². The number of rotatable bonds is 4. The topological polar surface area (TPSA) is 20.2 Å². The molecule has 0 radical (unpaired) electrons. The highest BCUT2D eigenvalue weighted by molar-refractivity contribution is 5.29. The summed E-state index contributed by atoms with van der Waals surface area (Å²) in [5.41, 5.74) is 2.34. The van der Waals surface area contributed by atoms with Crippen LogP contribution in [0.1, 0.15) is 30.9 Å². The molecule has 0 bridgehead atoms. The van der Waals surface area contributed by atoms with Gasteiger partial charge < -0.3 is 5.11 Å². The summed E-state index contributed by atoms with van der Waals surface area (Å²) in [6, 6.07) is 6.19. The third-order valence-corrected chi connectivity index (χ3v) is 3.03. The molecule has 1 N–H and O–H groups in total. The Labute approximate surface area is 99.8 Å². The van der Waals surface area contributed by atoms with E-state index in [2.05, 4.69) is 6.08 Å². The van der Waals surface area contributed by atoms with Crippen molar-refractivity contribution in [3.8, 4) is 0 Å². The van der Waals surface area contributed by atoms with E-state index in [0.29, 0.717) is 0 Å². The summed E-state index contributed by atoms with van der Waals surface area (Å²) in [5, 5.41) is 9.03. The zero-order chi connectivity index (χ0) is 12.5. The number of benzene rings is 1. The maximum absolute atomic E-state index is 13.5. The molecule has 1 saturated carbocycles. The Kier molecular flexibility index (Phi) is 3.29. The fourth-order valence-corrected chi connectivity index (χ4v) is 1.64. The summed E-state index contributed by atoms with van der Waals surface area (Å²) < 4.78 is 26.9. The molecule has 0 spiro atoms. The fraction of sp³-hybridized carbons (Fsp3) is 0.429. The van der Waals surface area contributed by atoms with Gasteiger partial charge in [-0.2, -0.15) is 8.78 Å². The van der Waals surface area contributed by atoms with E-state index < -0.39 is 12.0 Å². The molecule has 1 nitrogen and oxygen atoms in total. The molecule has 1 atom stereocenters. The van der Waals surface area contributed by atoms with Crippen molar-refractivity contribution in [2.45, 2.75) is 38.2 Å². The Hall–Kier alpha value is -1.22. The fourth-order valence-electron chi connectivity index (χ4n) is 1.64. The molecule has 1 aliphatic rings. The highest BCUT2D eigenvalue weighted by Crippen LogP contribution is 2.32. The number of aliphatic hydroxyl groups excluding tert-OH is 1. The van der Waals surface area contributed by atoms with Gasteiger partial charge in [-0.1, -0.05) is 35.9 Å². The Morgan fingerprint density at radius 2 is 1.88 bits per heavy atom. The third kappa shape index (κ3) is 2.91. The van der Waals surface area contributed by atoms with E-state index >= 15 is 0 Å². The van der Waals surface area contributed by atoms with Crippen molar-refractivity contribution >= 4 is 0 Å². The van der Waals surface area contributed by atoms with Crippen molar-refractivity contribution in [2.75, 3.05) is 0 Å². The monoisotopic (exact) mass is 238 g/mol. The first-order valence-electron chi connectivity index (χ1n) is 5.83. The van der Waals surface area contributed by atoms with Gasteiger partial charge in [0.25, 0.3) is 5.92 Å². The highest BCUT2D eigenvalue weighted by Gasteiger charge is 2.37. The zero-order valence-corrected chi connectivity index (χ0v) is 9.79. The summed E-state index contributed by atoms with van der Waals surface area (Å²) in [6.45, 7) is 1.10. The SMILES string of the molecule is CC(O)C(F)(F)c1ccc(CC=C2CC2)cc1. The van der Waals surface area contributed by atoms with Gasteiger partial charge in [0.05, 0.1) is 0 Å². The van der Waals surface area contributed by atoms with Crippen LogP contribution in [-0.4, -0.2) is 11.2 Å². The van der Waals surface area contributed by atoms with Crippen LogP contribution < -0.4 is 0 Å². The number of aliphatic hydroxyl groups is 1. The van der Waals surface area contributed by atoms with E-state index in [1.807, 2.05) is 0 Å². The number of allylic oxidation sites excluding steroid dienone is 2. The minimum atomic E-state index is -3.17. The predicted octanol–water partition coefficient (Wildman–Crippen LogP) is 3.42. The Bertz CT molecular complexity index is 412. The van der Waals surface area contributed by atoms with Gasteiger partial charge >= 0.3 is 0 Å². The molecular formula is C14H16F2O. The summed E-state index contributed by atoms with van der Waals surface area (Å²) >= 11 is 0. The van der Waals surface area contributed by atoms with Gasteiger partial charge in [0.1, 0.15) is 6.10 Å². The molecule has 1 aromatic rings. The lowest BCUT2D eigenvalue weighted by molar-refractivity contribution is -0.106. The third-order valence-electron chi connectivity index (χ3n) is 3.03. The minimum absolute atomic E-state index is 0.129. The van der Waals surface area contributed by atoms with Crippen LogP contribution in [0.4, 0.5) is 8.78 Å². The van der Waals surface area contributed by atoms with Gasteiger partial charge in [-0.25, -0.2) is 0 Å². The largest absolute Gasteiger partial charge is 0.387 e. The summed E-state index contributed by atoms with van der Waals surface area (Å²) in [5.74, 6) is -3.17. The molecule has 1 aromatic carbocycles. The molecule has 2 rings (SSSR count). The van der Waals surface area contributed by atoms with Gasteiger partial charge in [0.2, 0.25) is 0 Å². The zero-order valence-electron chi connectivity index (χ0n) is 9.79. The molecule has 1 unspecified atom stereocenters. The molecule has 92 valence electrons. The number of hydrogen-bond donors (Lipinski definition) is 1. The van der Waals surface area contributed by atoms with Crippen molar-refractivity contribution in [2.24, 2.45) is 0 Å². The molecule has 0 amide bonds. The molecule has 1 fully saturated rings. The lowest BCUT2D eigenvalue weighted by Crippen LogP contribution is -2.27. The van der Waals surface area contributed by atoms with E-state index in [-0.39, 0.29) is 5.56 Å². The lowest BCUT2D eigenvalue weighted by Gasteiger charge is -2.19. The van der Waals surface area contributed by atoms with Gasteiger partial charge in [0.15, 0.2) is 0 Å². The van der Waals surface area contributed by atoms with E-state index in [0.717, 1.165) is 18.9 Å². The highest BCUT2D eigenvalue weighted by atomic mass is 19.3. The van der Waals surface area contributed by atoms with Crippen LogP contribution in [-0.2, 0) is 12.3 Å². The van der Waals surface area contributed by atoms with Crippen LogP contribution in [0.3, 0.4) is 0 Å². The van der Waals surface area contributed by atoms with Gasteiger partial charge in [-0.05, 0) is 31.7 Å². The lowest BCUT2D eigenvalue weighted by atomic mass is 10.0. The van der Waals surface area contributed by atoms with E-state index in [1.54, 1.807) is 12.1 Å². The van der Waals surface area contributed by atoms with E-state index in [1.165, 1.54) is 30.5 Å². The smallest absolute Gasteiger partial charge is 0.298 e. The van der Waals surface area contributed by atoms with E-state index in [9.17, 15) is 8.78 Å². The summed E-state index contributed by atoms with van der Waals surface area (Å²) in [4.78, 5) is 0. The molecule has 3 heteroatoms. The van der Waals surface area contributed by atoms with Crippen LogP contribution in [0.2, 0.25) is 0 Å². The van der Waals surface area contributed by atoms with Crippen molar-refractivity contribution < 1.29 is 13.9 Å². The molecular weight excluding hydrogens is 222 g/mol. The van der Waals surface area contributed by atoms with Crippen LogP contribution in [0.25, 0.3) is 0 Å². The molecule has 0 aliphatic heterocycles. The molecule has 0 heterocycles. The molecule has 17 heavy (non-hydrogen) atoms. The standard InChI is InChI=1S/C14H16F2O/c1-10(17)14(15,16)13-8-6-12(7-9-13)5-4-11-2-3-11/h4,6-10,17H,2-3,5H2,1H3. The van der Waals surface area contributed by atoms with Crippen molar-refractivity contribution in [1.29, 1.82) is 0 Å². The number of hydrogen-bond acceptors (Lipinski definition) is 1. The average Bonchev–Trinajstić information content (AvgIpc) is 3.10. The normalized spacial score (nSPS) is 16.8. The van der Waals surface area contributed by atoms with Crippen LogP contribution >= 0.6 is 0 Å². The maximum atomic E-state index is 13.5. The maximum Gasteiger partial charge on any atom is 0.298 e. The quantitative estimate of drug-likeness (QED) is 0.797. The van der Waals surface area contributed by atoms with E-state index in [4.69, 9.17) is 5.11 Å². The summed E-state index contributed by atoms with van der Waals surface area (Å²) in [6.07, 6.45) is 3.65. The molecule has 0 aromatic heterocycles. The van der Waals surface area contributed by atoms with Crippen LogP contribution in [0, 0.1) is 0 Å². The number of halogens is 2. The Morgan fingerprint density at radius 3 is 2.35 bits per heavy atom. The summed E-state index contributed by atoms with van der Waals surface area (Å²) in [7, 11) is 0. The van der Waals surface area contributed by atoms with Gasteiger partial charge in [-0.15, -0.1) is 0 Å². The van der Waals surface area contributed by atoms with Crippen molar-refractivity contribution in [1.82, 2.24) is 0 Å². The molecule has 0 saturated heterocycles.